The highest BCUT2D eigenvalue weighted by atomic mass is 32.2. The molecule has 0 aromatic carbocycles. The number of rotatable bonds is 17. The van der Waals surface area contributed by atoms with Crippen LogP contribution in [0.3, 0.4) is 0 Å². The average Bonchev–Trinajstić information content (AvgIpc) is 2.56. The molecule has 0 amide bonds. The number of hydrogen-bond donors (Lipinski definition) is 0. The topological polar surface area (TPSA) is 43.4 Å². The normalized spacial score (nSPS) is 12.9. The molecule has 0 aliphatic heterocycles. The van der Waals surface area contributed by atoms with Crippen LogP contribution < -0.4 is 0 Å². The Balaban J connectivity index is 3.23. The summed E-state index contributed by atoms with van der Waals surface area (Å²) >= 11 is 0. The molecule has 0 atom stereocenters. The quantitative estimate of drug-likeness (QED) is 0.171. The predicted molar refractivity (Wildman–Crippen MR) is 109 cm³/mol. The van der Waals surface area contributed by atoms with Gasteiger partial charge in [0, 0.05) is 0 Å². The molecule has 0 saturated heterocycles. The lowest BCUT2D eigenvalue weighted by molar-refractivity contribution is 0.309. The Labute approximate surface area is 156 Å². The van der Waals surface area contributed by atoms with Gasteiger partial charge >= 0.3 is 0 Å². The average molecular weight is 371 g/mol. The molecule has 0 spiro atoms. The Morgan fingerprint density at radius 2 is 1.16 bits per heavy atom. The van der Waals surface area contributed by atoms with Crippen molar-refractivity contribution in [3.63, 3.8) is 0 Å². The molecule has 25 heavy (non-hydrogen) atoms. The number of unbranched alkanes of at least 4 members (excludes halogenated alkanes) is 8. The van der Waals surface area contributed by atoms with Gasteiger partial charge in [-0.15, -0.1) is 0 Å². The first-order valence-electron chi connectivity index (χ1n) is 9.85. The van der Waals surface area contributed by atoms with Crippen molar-refractivity contribution in [2.24, 2.45) is 0 Å². The zero-order chi connectivity index (χ0) is 18.6. The SMILES string of the molecule is CC/C=C\C/C=C\C/C=C\CCCCCCCCCCOS(C)(=O)=O. The van der Waals surface area contributed by atoms with Crippen LogP contribution in [-0.2, 0) is 14.3 Å². The minimum absolute atomic E-state index is 0.329. The molecular formula is C21H38O3S. The van der Waals surface area contributed by atoms with E-state index in [-0.39, 0.29) is 0 Å². The zero-order valence-electron chi connectivity index (χ0n) is 16.3. The lowest BCUT2D eigenvalue weighted by Crippen LogP contribution is -2.03. The summed E-state index contributed by atoms with van der Waals surface area (Å²) in [6.07, 6.45) is 28.4. The molecule has 4 heteroatoms. The smallest absolute Gasteiger partial charge is 0.264 e. The summed E-state index contributed by atoms with van der Waals surface area (Å²) in [6.45, 7) is 2.49. The minimum Gasteiger partial charge on any atom is -0.270 e. The summed E-state index contributed by atoms with van der Waals surface area (Å²) in [5.41, 5.74) is 0. The predicted octanol–water partition coefficient (Wildman–Crippen LogP) is 6.33. The monoisotopic (exact) mass is 370 g/mol. The molecular weight excluding hydrogens is 332 g/mol. The van der Waals surface area contributed by atoms with Crippen LogP contribution in [-0.4, -0.2) is 21.3 Å². The largest absolute Gasteiger partial charge is 0.270 e. The van der Waals surface area contributed by atoms with Crippen LogP contribution in [0, 0.1) is 0 Å². The number of allylic oxidation sites excluding steroid dienone is 6. The van der Waals surface area contributed by atoms with Crippen molar-refractivity contribution in [2.45, 2.75) is 84.0 Å². The first-order valence-corrected chi connectivity index (χ1v) is 11.7. The summed E-state index contributed by atoms with van der Waals surface area (Å²) in [6, 6.07) is 0. The van der Waals surface area contributed by atoms with Crippen LogP contribution in [0.15, 0.2) is 36.5 Å². The van der Waals surface area contributed by atoms with Crippen LogP contribution >= 0.6 is 0 Å². The highest BCUT2D eigenvalue weighted by molar-refractivity contribution is 7.85. The van der Waals surface area contributed by atoms with E-state index in [0.29, 0.717) is 6.61 Å². The van der Waals surface area contributed by atoms with E-state index in [1.165, 1.54) is 44.9 Å². The molecule has 0 aromatic rings. The molecule has 0 bridgehead atoms. The fraction of sp³-hybridized carbons (Fsp3) is 0.714. The van der Waals surface area contributed by atoms with Crippen molar-refractivity contribution in [1.29, 1.82) is 0 Å². The van der Waals surface area contributed by atoms with Gasteiger partial charge in [0.2, 0.25) is 0 Å². The van der Waals surface area contributed by atoms with Crippen molar-refractivity contribution >= 4 is 10.1 Å². The maximum absolute atomic E-state index is 10.8. The second-order valence-electron chi connectivity index (χ2n) is 6.44. The second-order valence-corrected chi connectivity index (χ2v) is 8.08. The van der Waals surface area contributed by atoms with Gasteiger partial charge in [0.25, 0.3) is 10.1 Å². The molecule has 0 unspecified atom stereocenters. The van der Waals surface area contributed by atoms with E-state index < -0.39 is 10.1 Å². The molecule has 146 valence electrons. The summed E-state index contributed by atoms with van der Waals surface area (Å²) in [5, 5.41) is 0. The van der Waals surface area contributed by atoms with Crippen LogP contribution in [0.2, 0.25) is 0 Å². The van der Waals surface area contributed by atoms with Gasteiger partial charge in [-0.25, -0.2) is 0 Å². The molecule has 0 heterocycles. The summed E-state index contributed by atoms with van der Waals surface area (Å²) in [5.74, 6) is 0. The second kappa shape index (κ2) is 17.9. The highest BCUT2D eigenvalue weighted by Crippen LogP contribution is 2.10. The van der Waals surface area contributed by atoms with Crippen LogP contribution in [0.4, 0.5) is 0 Å². The zero-order valence-corrected chi connectivity index (χ0v) is 17.1. The van der Waals surface area contributed by atoms with E-state index in [4.69, 9.17) is 4.18 Å². The van der Waals surface area contributed by atoms with Crippen molar-refractivity contribution in [3.05, 3.63) is 36.5 Å². The Kier molecular flexibility index (Phi) is 17.3. The molecule has 0 radical (unpaired) electrons. The van der Waals surface area contributed by atoms with Crippen LogP contribution in [0.1, 0.15) is 84.0 Å². The summed E-state index contributed by atoms with van der Waals surface area (Å²) in [7, 11) is -3.26. The first-order chi connectivity index (χ1) is 12.1. The fourth-order valence-corrected chi connectivity index (χ4v) is 2.88. The third-order valence-corrected chi connectivity index (χ3v) is 4.44. The lowest BCUT2D eigenvalue weighted by atomic mass is 10.1. The molecule has 0 aliphatic carbocycles. The maximum Gasteiger partial charge on any atom is 0.264 e. The fourth-order valence-electron chi connectivity index (χ4n) is 2.46. The lowest BCUT2D eigenvalue weighted by Gasteiger charge is -2.02. The molecule has 0 fully saturated rings. The van der Waals surface area contributed by atoms with E-state index in [1.807, 2.05) is 0 Å². The highest BCUT2D eigenvalue weighted by Gasteiger charge is 2.00. The Bertz CT molecular complexity index is 462. The van der Waals surface area contributed by atoms with Gasteiger partial charge in [-0.3, -0.25) is 4.18 Å². The molecule has 3 nitrogen and oxygen atoms in total. The molecule has 0 saturated carbocycles. The standard InChI is InChI=1S/C21H38O3S/c1-3-4-5-6-7-8-9-10-11-12-13-14-15-16-17-18-19-20-21-24-25(2,22)23/h4-5,7-8,10-11H,3,6,9,12-21H2,1-2H3/b5-4-,8-7-,11-10-. The van der Waals surface area contributed by atoms with Gasteiger partial charge in [0.1, 0.15) is 0 Å². The van der Waals surface area contributed by atoms with Crippen molar-refractivity contribution < 1.29 is 12.6 Å². The van der Waals surface area contributed by atoms with Gasteiger partial charge in [-0.05, 0) is 38.5 Å². The maximum atomic E-state index is 10.8. The summed E-state index contributed by atoms with van der Waals surface area (Å²) < 4.78 is 26.3. The Hall–Kier alpha value is -0.870. The number of hydrogen-bond acceptors (Lipinski definition) is 3. The third-order valence-electron chi connectivity index (χ3n) is 3.84. The van der Waals surface area contributed by atoms with Crippen LogP contribution in [0.5, 0.6) is 0 Å². The molecule has 0 aromatic heterocycles. The van der Waals surface area contributed by atoms with E-state index in [2.05, 4.69) is 43.4 Å². The third kappa shape index (κ3) is 23.1. The van der Waals surface area contributed by atoms with Crippen molar-refractivity contribution in [2.75, 3.05) is 12.9 Å². The molecule has 0 aliphatic rings. The van der Waals surface area contributed by atoms with Crippen molar-refractivity contribution in [3.8, 4) is 0 Å². The van der Waals surface area contributed by atoms with E-state index >= 15 is 0 Å². The minimum atomic E-state index is -3.26. The van der Waals surface area contributed by atoms with Gasteiger partial charge in [-0.1, -0.05) is 81.9 Å². The van der Waals surface area contributed by atoms with E-state index in [0.717, 1.165) is 38.4 Å². The van der Waals surface area contributed by atoms with Gasteiger partial charge in [-0.2, -0.15) is 8.42 Å². The molecule has 0 rings (SSSR count). The Morgan fingerprint density at radius 3 is 1.72 bits per heavy atom. The summed E-state index contributed by atoms with van der Waals surface area (Å²) in [4.78, 5) is 0. The van der Waals surface area contributed by atoms with Crippen molar-refractivity contribution in [1.82, 2.24) is 0 Å². The van der Waals surface area contributed by atoms with Crippen LogP contribution in [0.25, 0.3) is 0 Å². The van der Waals surface area contributed by atoms with Gasteiger partial charge in [0.15, 0.2) is 0 Å². The van der Waals surface area contributed by atoms with E-state index in [9.17, 15) is 8.42 Å². The first kappa shape index (κ1) is 24.1. The van der Waals surface area contributed by atoms with Gasteiger partial charge < -0.3 is 0 Å². The Morgan fingerprint density at radius 1 is 0.680 bits per heavy atom. The van der Waals surface area contributed by atoms with Gasteiger partial charge in [0.05, 0.1) is 12.9 Å². The van der Waals surface area contributed by atoms with E-state index in [1.54, 1.807) is 0 Å². The molecule has 0 N–H and O–H groups in total.